The van der Waals surface area contributed by atoms with E-state index in [1.807, 2.05) is 77.5 Å². The molecule has 1 aromatic heterocycles. The van der Waals surface area contributed by atoms with Gasteiger partial charge in [-0.05, 0) is 33.5 Å². The number of aliphatic hydroxyl groups excluding tert-OH is 1. The van der Waals surface area contributed by atoms with Crippen molar-refractivity contribution in [2.75, 3.05) is 19.8 Å². The molecule has 1 amide bonds. The maximum absolute atomic E-state index is 13.1. The minimum absolute atomic E-state index is 0.0504. The van der Waals surface area contributed by atoms with Gasteiger partial charge in [-0.3, -0.25) is 4.79 Å². The lowest BCUT2D eigenvalue weighted by atomic mass is 9.90. The average Bonchev–Trinajstić information content (AvgIpc) is 3.24. The third kappa shape index (κ3) is 5.26. The molecule has 27 heavy (non-hydrogen) atoms. The van der Waals surface area contributed by atoms with E-state index in [1.165, 1.54) is 0 Å². The molecule has 140 valence electrons. The fourth-order valence-corrected chi connectivity index (χ4v) is 3.71. The zero-order chi connectivity index (χ0) is 18.9. The molecule has 0 aliphatic carbocycles. The van der Waals surface area contributed by atoms with Gasteiger partial charge in [-0.2, -0.15) is 11.3 Å². The largest absolute Gasteiger partial charge is 0.394 e. The van der Waals surface area contributed by atoms with E-state index < -0.39 is 0 Å². The number of hydrogen-bond donors (Lipinski definition) is 2. The Balaban J connectivity index is 1.76. The first-order valence-corrected chi connectivity index (χ1v) is 9.86. The highest BCUT2D eigenvalue weighted by molar-refractivity contribution is 7.07. The molecule has 0 bridgehead atoms. The van der Waals surface area contributed by atoms with E-state index in [4.69, 9.17) is 9.84 Å². The Morgan fingerprint density at radius 3 is 2.11 bits per heavy atom. The van der Waals surface area contributed by atoms with Gasteiger partial charge in [0.25, 0.3) is 0 Å². The molecule has 0 saturated carbocycles. The van der Waals surface area contributed by atoms with Crippen molar-refractivity contribution < 1.29 is 14.6 Å². The number of carbonyl (C=O) groups is 1. The van der Waals surface area contributed by atoms with Gasteiger partial charge >= 0.3 is 0 Å². The van der Waals surface area contributed by atoms with Crippen LogP contribution in [0.5, 0.6) is 0 Å². The summed E-state index contributed by atoms with van der Waals surface area (Å²) >= 11 is 1.58. The van der Waals surface area contributed by atoms with Crippen LogP contribution in [-0.2, 0) is 9.53 Å². The van der Waals surface area contributed by atoms with Crippen molar-refractivity contribution in [3.8, 4) is 0 Å². The van der Waals surface area contributed by atoms with E-state index >= 15 is 0 Å². The molecule has 1 atom stereocenters. The van der Waals surface area contributed by atoms with Gasteiger partial charge in [-0.1, -0.05) is 60.7 Å². The van der Waals surface area contributed by atoms with E-state index in [1.54, 1.807) is 11.3 Å². The van der Waals surface area contributed by atoms with Crippen LogP contribution in [0.3, 0.4) is 0 Å². The van der Waals surface area contributed by atoms with Crippen molar-refractivity contribution >= 4 is 17.2 Å². The van der Waals surface area contributed by atoms with Gasteiger partial charge in [0.2, 0.25) is 5.91 Å². The second kappa shape index (κ2) is 10.0. The number of carbonyl (C=O) groups excluding carboxylic acids is 1. The molecule has 0 aliphatic heterocycles. The van der Waals surface area contributed by atoms with Crippen LogP contribution in [-0.4, -0.2) is 30.8 Å². The molecule has 1 heterocycles. The van der Waals surface area contributed by atoms with E-state index in [9.17, 15) is 4.79 Å². The number of amides is 1. The highest BCUT2D eigenvalue weighted by atomic mass is 32.1. The molecule has 0 spiro atoms. The zero-order valence-corrected chi connectivity index (χ0v) is 15.8. The van der Waals surface area contributed by atoms with E-state index in [0.717, 1.165) is 16.7 Å². The minimum atomic E-state index is -0.381. The summed E-state index contributed by atoms with van der Waals surface area (Å²) in [4.78, 5) is 13.1. The fraction of sp³-hybridized carbons (Fsp3) is 0.227. The Hall–Kier alpha value is -2.47. The van der Waals surface area contributed by atoms with Crippen molar-refractivity contribution in [1.29, 1.82) is 0 Å². The summed E-state index contributed by atoms with van der Waals surface area (Å²) in [5.74, 6) is -0.450. The topological polar surface area (TPSA) is 58.6 Å². The smallest absolute Gasteiger partial charge is 0.232 e. The Morgan fingerprint density at radius 1 is 0.963 bits per heavy atom. The van der Waals surface area contributed by atoms with Crippen LogP contribution in [0.25, 0.3) is 0 Å². The second-order valence-electron chi connectivity index (χ2n) is 6.14. The summed E-state index contributed by atoms with van der Waals surface area (Å²) in [5, 5.41) is 16.1. The van der Waals surface area contributed by atoms with Crippen LogP contribution >= 0.6 is 11.3 Å². The van der Waals surface area contributed by atoms with Crippen LogP contribution in [0.2, 0.25) is 0 Å². The van der Waals surface area contributed by atoms with Crippen LogP contribution < -0.4 is 5.32 Å². The standard InChI is InChI=1S/C22H23NO3S/c24-12-13-26-20(19-11-14-27-16-19)15-23-22(25)21(17-7-3-1-4-8-17)18-9-5-2-6-10-18/h1-11,14,16,20-21,24H,12-13,15H2,(H,23,25)/t20-/m1/s1. The molecular formula is C22H23NO3S. The van der Waals surface area contributed by atoms with Gasteiger partial charge in [0.1, 0.15) is 6.10 Å². The molecular weight excluding hydrogens is 358 g/mol. The first-order chi connectivity index (χ1) is 13.3. The number of ether oxygens (including phenoxy) is 1. The maximum atomic E-state index is 13.1. The quantitative estimate of drug-likeness (QED) is 0.594. The Kier molecular flexibility index (Phi) is 7.16. The van der Waals surface area contributed by atoms with E-state index in [-0.39, 0.29) is 31.1 Å². The predicted molar refractivity (Wildman–Crippen MR) is 108 cm³/mol. The molecule has 4 nitrogen and oxygen atoms in total. The monoisotopic (exact) mass is 381 g/mol. The number of thiophene rings is 1. The van der Waals surface area contributed by atoms with Crippen LogP contribution in [0.15, 0.2) is 77.5 Å². The Bertz CT molecular complexity index is 767. The molecule has 2 aromatic carbocycles. The Labute approximate surface area is 163 Å². The lowest BCUT2D eigenvalue weighted by Gasteiger charge is -2.21. The molecule has 2 N–H and O–H groups in total. The van der Waals surface area contributed by atoms with Crippen LogP contribution in [0.1, 0.15) is 28.7 Å². The summed E-state index contributed by atoms with van der Waals surface area (Å²) in [5.41, 5.74) is 2.90. The zero-order valence-electron chi connectivity index (χ0n) is 15.0. The second-order valence-corrected chi connectivity index (χ2v) is 6.92. The van der Waals surface area contributed by atoms with Gasteiger partial charge in [0, 0.05) is 6.54 Å². The van der Waals surface area contributed by atoms with Crippen LogP contribution in [0.4, 0.5) is 0 Å². The van der Waals surface area contributed by atoms with Gasteiger partial charge < -0.3 is 15.2 Å². The summed E-state index contributed by atoms with van der Waals surface area (Å²) in [6.45, 7) is 0.536. The Morgan fingerprint density at radius 2 is 1.59 bits per heavy atom. The van der Waals surface area contributed by atoms with Crippen molar-refractivity contribution in [2.45, 2.75) is 12.0 Å². The normalized spacial score (nSPS) is 12.1. The predicted octanol–water partition coefficient (Wildman–Crippen LogP) is 3.75. The van der Waals surface area contributed by atoms with Crippen molar-refractivity contribution in [3.05, 3.63) is 94.2 Å². The van der Waals surface area contributed by atoms with Crippen molar-refractivity contribution in [3.63, 3.8) is 0 Å². The highest BCUT2D eigenvalue weighted by Gasteiger charge is 2.23. The third-order valence-electron chi connectivity index (χ3n) is 4.31. The minimum Gasteiger partial charge on any atom is -0.394 e. The lowest BCUT2D eigenvalue weighted by Crippen LogP contribution is -2.34. The number of aliphatic hydroxyl groups is 1. The molecule has 0 unspecified atom stereocenters. The summed E-state index contributed by atoms with van der Waals surface area (Å²) in [6.07, 6.45) is -0.278. The van der Waals surface area contributed by atoms with Gasteiger partial charge in [-0.25, -0.2) is 0 Å². The van der Waals surface area contributed by atoms with Crippen LogP contribution in [0, 0.1) is 0 Å². The van der Waals surface area contributed by atoms with E-state index in [0.29, 0.717) is 6.54 Å². The summed E-state index contributed by atoms with van der Waals surface area (Å²) < 4.78 is 5.72. The molecule has 0 saturated heterocycles. The molecule has 0 fully saturated rings. The number of benzene rings is 2. The lowest BCUT2D eigenvalue weighted by molar-refractivity contribution is -0.122. The molecule has 5 heteroatoms. The SMILES string of the molecule is O=C(NC[C@@H](OCCO)c1ccsc1)C(c1ccccc1)c1ccccc1. The number of nitrogens with one attached hydrogen (secondary N) is 1. The first kappa shape index (κ1) is 19.3. The molecule has 0 radical (unpaired) electrons. The van der Waals surface area contributed by atoms with Crippen molar-refractivity contribution in [2.24, 2.45) is 0 Å². The summed E-state index contributed by atoms with van der Waals surface area (Å²) in [6, 6.07) is 21.5. The molecule has 3 rings (SSSR count). The molecule has 3 aromatic rings. The van der Waals surface area contributed by atoms with Gasteiger partial charge in [0.15, 0.2) is 0 Å². The third-order valence-corrected chi connectivity index (χ3v) is 5.02. The average molecular weight is 381 g/mol. The summed E-state index contributed by atoms with van der Waals surface area (Å²) in [7, 11) is 0. The fourth-order valence-electron chi connectivity index (χ4n) is 3.01. The number of hydrogen-bond acceptors (Lipinski definition) is 4. The molecule has 0 aliphatic rings. The van der Waals surface area contributed by atoms with Gasteiger partial charge in [0.05, 0.1) is 19.1 Å². The number of rotatable bonds is 9. The maximum Gasteiger partial charge on any atom is 0.232 e. The van der Waals surface area contributed by atoms with E-state index in [2.05, 4.69) is 5.32 Å². The van der Waals surface area contributed by atoms with Gasteiger partial charge in [-0.15, -0.1) is 0 Å². The highest BCUT2D eigenvalue weighted by Crippen LogP contribution is 2.25. The van der Waals surface area contributed by atoms with Crippen molar-refractivity contribution in [1.82, 2.24) is 5.32 Å². The first-order valence-electron chi connectivity index (χ1n) is 8.91.